The van der Waals surface area contributed by atoms with Crippen LogP contribution in [-0.4, -0.2) is 49.3 Å². The number of amides is 1. The van der Waals surface area contributed by atoms with Crippen molar-refractivity contribution in [2.75, 3.05) is 13.7 Å². The molecule has 1 N–H and O–H groups in total. The third-order valence-corrected chi connectivity index (χ3v) is 5.91. The van der Waals surface area contributed by atoms with Gasteiger partial charge in [-0.25, -0.2) is 19.9 Å². The van der Waals surface area contributed by atoms with Crippen LogP contribution in [0.5, 0.6) is 17.5 Å². The van der Waals surface area contributed by atoms with Crippen molar-refractivity contribution in [3.05, 3.63) is 84.9 Å². The van der Waals surface area contributed by atoms with E-state index in [9.17, 15) is 4.79 Å². The summed E-state index contributed by atoms with van der Waals surface area (Å²) in [6, 6.07) is 18.8. The lowest BCUT2D eigenvalue weighted by molar-refractivity contribution is 0.0924. The number of nitrogens with one attached hydrogen (secondary N) is 1. The average Bonchev–Trinajstić information content (AvgIpc) is 3.40. The van der Waals surface area contributed by atoms with Gasteiger partial charge in [0.2, 0.25) is 0 Å². The van der Waals surface area contributed by atoms with Gasteiger partial charge < -0.3 is 14.8 Å². The van der Waals surface area contributed by atoms with Gasteiger partial charge in [-0.3, -0.25) is 9.48 Å². The molecule has 0 saturated carbocycles. The number of benzene rings is 2. The molecule has 0 aliphatic carbocycles. The minimum absolute atomic E-state index is 0.130. The van der Waals surface area contributed by atoms with Gasteiger partial charge in [0.1, 0.15) is 22.9 Å². The summed E-state index contributed by atoms with van der Waals surface area (Å²) >= 11 is 0. The number of carbonyl (C=O) groups excluding carboxylic acids is 1. The predicted octanol–water partition coefficient (Wildman–Crippen LogP) is 4.01. The number of fused-ring (bicyclic) bond motifs is 1. The fourth-order valence-electron chi connectivity index (χ4n) is 3.98. The summed E-state index contributed by atoms with van der Waals surface area (Å²) < 4.78 is 12.7. The van der Waals surface area contributed by atoms with Crippen LogP contribution in [0.2, 0.25) is 0 Å². The molecule has 1 aliphatic rings. The minimum Gasteiger partial charge on any atom is -0.497 e. The third-order valence-electron chi connectivity index (χ3n) is 5.91. The highest BCUT2D eigenvalue weighted by molar-refractivity contribution is 5.94. The van der Waals surface area contributed by atoms with Crippen LogP contribution >= 0.6 is 0 Å². The first-order valence-corrected chi connectivity index (χ1v) is 11.6. The predicted molar refractivity (Wildman–Crippen MR) is 135 cm³/mol. The molecule has 10 nitrogen and oxygen atoms in total. The Hall–Kier alpha value is -5.12. The number of nitrogens with zero attached hydrogens (tertiary/aromatic N) is 6. The Kier molecular flexibility index (Phi) is 5.74. The van der Waals surface area contributed by atoms with Gasteiger partial charge in [0.15, 0.2) is 5.82 Å². The molecule has 0 unspecified atom stereocenters. The van der Waals surface area contributed by atoms with Gasteiger partial charge >= 0.3 is 6.01 Å². The molecule has 0 bridgehead atoms. The van der Waals surface area contributed by atoms with Crippen LogP contribution in [-0.2, 0) is 6.54 Å². The Morgan fingerprint density at radius 1 is 0.838 bits per heavy atom. The summed E-state index contributed by atoms with van der Waals surface area (Å²) in [5.41, 5.74) is 4.48. The zero-order valence-corrected chi connectivity index (χ0v) is 19.8. The maximum Gasteiger partial charge on any atom is 0.321 e. The van der Waals surface area contributed by atoms with Crippen molar-refractivity contribution < 1.29 is 14.3 Å². The van der Waals surface area contributed by atoms with Crippen LogP contribution in [0.15, 0.2) is 79.3 Å². The van der Waals surface area contributed by atoms with E-state index in [1.54, 1.807) is 42.5 Å². The summed E-state index contributed by atoms with van der Waals surface area (Å²) in [4.78, 5) is 29.8. The second-order valence-electron chi connectivity index (χ2n) is 8.27. The van der Waals surface area contributed by atoms with Crippen molar-refractivity contribution >= 4 is 5.91 Å². The Balaban J connectivity index is 1.16. The van der Waals surface area contributed by atoms with Gasteiger partial charge in [-0.2, -0.15) is 5.10 Å². The van der Waals surface area contributed by atoms with E-state index in [2.05, 4.69) is 30.4 Å². The standard InChI is InChI=1S/C27H21N7O3/c1-36-20-6-2-17(3-7-20)19-15-30-27(31-16-19)37-21-8-4-18(5-9-21)25-28-11-10-22(32-25)23-14-24-26(35)29-12-13-34(24)33-23/h2-11,14-16H,12-13H2,1H3,(H,29,35). The molecule has 182 valence electrons. The topological polar surface area (TPSA) is 117 Å². The lowest BCUT2D eigenvalue weighted by atomic mass is 10.1. The van der Waals surface area contributed by atoms with E-state index in [0.717, 1.165) is 22.4 Å². The molecule has 10 heteroatoms. The van der Waals surface area contributed by atoms with Crippen LogP contribution in [0.25, 0.3) is 33.9 Å². The molecule has 0 radical (unpaired) electrons. The number of aromatic nitrogens is 6. The van der Waals surface area contributed by atoms with E-state index in [-0.39, 0.29) is 11.9 Å². The van der Waals surface area contributed by atoms with Crippen LogP contribution in [0, 0.1) is 0 Å². The number of rotatable bonds is 6. The van der Waals surface area contributed by atoms with Crippen LogP contribution in [0.4, 0.5) is 0 Å². The van der Waals surface area contributed by atoms with Crippen molar-refractivity contribution in [2.45, 2.75) is 6.54 Å². The van der Waals surface area contributed by atoms with Gasteiger partial charge in [0.05, 0.1) is 19.3 Å². The maximum absolute atomic E-state index is 12.1. The number of ether oxygens (including phenoxy) is 2. The van der Waals surface area contributed by atoms with E-state index in [0.29, 0.717) is 41.7 Å². The first kappa shape index (κ1) is 22.4. The van der Waals surface area contributed by atoms with E-state index >= 15 is 0 Å². The quantitative estimate of drug-likeness (QED) is 0.379. The molecule has 5 aromatic rings. The number of carbonyl (C=O) groups is 1. The highest BCUT2D eigenvalue weighted by Gasteiger charge is 2.20. The van der Waals surface area contributed by atoms with Crippen molar-refractivity contribution in [2.24, 2.45) is 0 Å². The van der Waals surface area contributed by atoms with E-state index in [1.165, 1.54) is 0 Å². The largest absolute Gasteiger partial charge is 0.497 e. The normalized spacial score (nSPS) is 12.5. The SMILES string of the molecule is COc1ccc(-c2cnc(Oc3ccc(-c4nccc(-c5cc6n(n5)CCNC6=O)n4)cc3)nc2)cc1. The molecule has 1 aliphatic heterocycles. The zero-order chi connectivity index (χ0) is 25.2. The Morgan fingerprint density at radius 3 is 2.30 bits per heavy atom. The first-order chi connectivity index (χ1) is 18.2. The summed E-state index contributed by atoms with van der Waals surface area (Å²) in [5, 5.41) is 7.35. The van der Waals surface area contributed by atoms with Crippen molar-refractivity contribution in [3.63, 3.8) is 0 Å². The molecular formula is C27H21N7O3. The van der Waals surface area contributed by atoms with Crippen molar-refractivity contribution in [3.8, 4) is 51.4 Å². The fraction of sp³-hybridized carbons (Fsp3) is 0.111. The lowest BCUT2D eigenvalue weighted by Crippen LogP contribution is -2.35. The van der Waals surface area contributed by atoms with Gasteiger partial charge in [-0.15, -0.1) is 0 Å². The number of hydrogen-bond donors (Lipinski definition) is 1. The van der Waals surface area contributed by atoms with Crippen molar-refractivity contribution in [1.82, 2.24) is 35.0 Å². The molecule has 6 rings (SSSR count). The van der Waals surface area contributed by atoms with Gasteiger partial charge in [0.25, 0.3) is 5.91 Å². The Morgan fingerprint density at radius 2 is 1.57 bits per heavy atom. The summed E-state index contributed by atoms with van der Waals surface area (Å²) in [5.74, 6) is 1.79. The Bertz CT molecular complexity index is 1560. The van der Waals surface area contributed by atoms with Gasteiger partial charge in [-0.05, 0) is 54.1 Å². The van der Waals surface area contributed by atoms with Gasteiger partial charge in [-0.1, -0.05) is 12.1 Å². The summed E-state index contributed by atoms with van der Waals surface area (Å²) in [6.07, 6.45) is 5.11. The molecule has 3 aromatic heterocycles. The number of hydrogen-bond acceptors (Lipinski definition) is 8. The van der Waals surface area contributed by atoms with Crippen molar-refractivity contribution in [1.29, 1.82) is 0 Å². The zero-order valence-electron chi connectivity index (χ0n) is 19.8. The molecule has 4 heterocycles. The van der Waals surface area contributed by atoms with Crippen LogP contribution in [0.1, 0.15) is 10.5 Å². The third kappa shape index (κ3) is 4.59. The molecular weight excluding hydrogens is 470 g/mol. The molecule has 0 saturated heterocycles. The highest BCUT2D eigenvalue weighted by atomic mass is 16.5. The molecule has 37 heavy (non-hydrogen) atoms. The highest BCUT2D eigenvalue weighted by Crippen LogP contribution is 2.26. The monoisotopic (exact) mass is 491 g/mol. The second kappa shape index (κ2) is 9.50. The lowest BCUT2D eigenvalue weighted by Gasteiger charge is -2.13. The number of methoxy groups -OCH3 is 1. The fourth-order valence-corrected chi connectivity index (χ4v) is 3.98. The second-order valence-corrected chi connectivity index (χ2v) is 8.27. The molecule has 1 amide bonds. The average molecular weight is 492 g/mol. The molecule has 0 spiro atoms. The first-order valence-electron chi connectivity index (χ1n) is 11.6. The van der Waals surface area contributed by atoms with E-state index in [4.69, 9.17) is 9.47 Å². The Labute approximate surface area is 212 Å². The van der Waals surface area contributed by atoms with Crippen LogP contribution < -0.4 is 14.8 Å². The smallest absolute Gasteiger partial charge is 0.321 e. The minimum atomic E-state index is -0.130. The molecule has 0 atom stereocenters. The van der Waals surface area contributed by atoms with E-state index < -0.39 is 0 Å². The molecule has 2 aromatic carbocycles. The van der Waals surface area contributed by atoms with E-state index in [1.807, 2.05) is 48.5 Å². The maximum atomic E-state index is 12.1. The van der Waals surface area contributed by atoms with Gasteiger partial charge in [0, 0.05) is 36.3 Å². The van der Waals surface area contributed by atoms with Crippen LogP contribution in [0.3, 0.4) is 0 Å². The molecule has 0 fully saturated rings. The summed E-state index contributed by atoms with van der Waals surface area (Å²) in [6.45, 7) is 1.20. The summed E-state index contributed by atoms with van der Waals surface area (Å²) in [7, 11) is 1.64.